The highest BCUT2D eigenvalue weighted by molar-refractivity contribution is 7.13. The van der Waals surface area contributed by atoms with E-state index in [0.29, 0.717) is 11.6 Å². The molecule has 0 aromatic carbocycles. The van der Waals surface area contributed by atoms with Gasteiger partial charge in [0.15, 0.2) is 5.13 Å². The summed E-state index contributed by atoms with van der Waals surface area (Å²) in [6.45, 7) is 4.40. The maximum Gasteiger partial charge on any atom is 0.232 e. The zero-order valence-corrected chi connectivity index (χ0v) is 11.8. The Hall–Kier alpha value is -1.69. The van der Waals surface area contributed by atoms with Crippen LogP contribution in [-0.2, 0) is 23.2 Å². The summed E-state index contributed by atoms with van der Waals surface area (Å²) in [5.41, 5.74) is 2.20. The first-order valence-electron chi connectivity index (χ1n) is 6.31. The fraction of sp³-hybridized carbons (Fsp3) is 0.462. The molecule has 0 saturated carbocycles. The molecular weight excluding hydrogens is 260 g/mol. The number of thiazole rings is 1. The van der Waals surface area contributed by atoms with Gasteiger partial charge in [0, 0.05) is 22.8 Å². The Kier molecular flexibility index (Phi) is 2.89. The van der Waals surface area contributed by atoms with Crippen LogP contribution < -0.4 is 5.32 Å². The van der Waals surface area contributed by atoms with E-state index in [0.717, 1.165) is 18.5 Å². The van der Waals surface area contributed by atoms with Gasteiger partial charge in [0.05, 0.1) is 18.4 Å². The fourth-order valence-corrected chi connectivity index (χ4v) is 3.04. The van der Waals surface area contributed by atoms with Crippen LogP contribution in [0.25, 0.3) is 0 Å². The summed E-state index contributed by atoms with van der Waals surface area (Å²) in [5.74, 6) is -0.0545. The van der Waals surface area contributed by atoms with Crippen LogP contribution in [-0.4, -0.2) is 20.4 Å². The molecule has 0 aliphatic carbocycles. The number of anilines is 1. The number of nitrogens with zero attached hydrogens (tertiary/aromatic N) is 3. The van der Waals surface area contributed by atoms with Gasteiger partial charge in [-0.05, 0) is 26.7 Å². The van der Waals surface area contributed by atoms with Gasteiger partial charge in [-0.25, -0.2) is 9.97 Å². The predicted molar refractivity (Wildman–Crippen MR) is 74.3 cm³/mol. The first-order valence-corrected chi connectivity index (χ1v) is 7.19. The van der Waals surface area contributed by atoms with Crippen molar-refractivity contribution in [2.24, 2.45) is 0 Å². The molecule has 3 rings (SSSR count). The van der Waals surface area contributed by atoms with Crippen LogP contribution >= 0.6 is 11.3 Å². The molecule has 0 unspecified atom stereocenters. The summed E-state index contributed by atoms with van der Waals surface area (Å²) in [6.07, 6.45) is 5.95. The van der Waals surface area contributed by atoms with Gasteiger partial charge in [-0.1, -0.05) is 0 Å². The van der Waals surface area contributed by atoms with E-state index in [-0.39, 0.29) is 11.4 Å². The number of aromatic nitrogens is 3. The molecule has 5 nitrogen and oxygen atoms in total. The third kappa shape index (κ3) is 2.28. The molecule has 0 atom stereocenters. The van der Waals surface area contributed by atoms with Crippen LogP contribution in [0.1, 0.15) is 31.7 Å². The molecule has 1 amide bonds. The van der Waals surface area contributed by atoms with E-state index in [9.17, 15) is 4.79 Å². The first kappa shape index (κ1) is 12.3. The van der Waals surface area contributed by atoms with E-state index < -0.39 is 0 Å². The third-order valence-electron chi connectivity index (χ3n) is 3.59. The Balaban J connectivity index is 1.73. The molecule has 19 heavy (non-hydrogen) atoms. The smallest absolute Gasteiger partial charge is 0.232 e. The summed E-state index contributed by atoms with van der Waals surface area (Å²) < 4.78 is 2.19. The standard InChI is InChI=1S/C13H16N4OS/c1-13(2)4-3-10-9(15-8-17(10)13)7-11(18)16-12-14-5-6-19-12/h5-6,8H,3-4,7H2,1-2H3,(H,14,16,18). The number of hydrogen-bond acceptors (Lipinski definition) is 4. The Morgan fingerprint density at radius 1 is 1.53 bits per heavy atom. The molecule has 0 bridgehead atoms. The summed E-state index contributed by atoms with van der Waals surface area (Å²) in [5, 5.41) is 5.27. The third-order valence-corrected chi connectivity index (χ3v) is 4.27. The van der Waals surface area contributed by atoms with Crippen molar-refractivity contribution in [3.05, 3.63) is 29.3 Å². The Labute approximate surface area is 115 Å². The van der Waals surface area contributed by atoms with E-state index in [1.807, 2.05) is 11.7 Å². The lowest BCUT2D eigenvalue weighted by Gasteiger charge is -2.19. The first-order chi connectivity index (χ1) is 9.06. The molecule has 2 aromatic rings. The van der Waals surface area contributed by atoms with E-state index in [1.165, 1.54) is 17.0 Å². The largest absolute Gasteiger partial charge is 0.329 e. The predicted octanol–water partition coefficient (Wildman–Crippen LogP) is 2.20. The van der Waals surface area contributed by atoms with Crippen molar-refractivity contribution in [2.45, 2.75) is 38.6 Å². The van der Waals surface area contributed by atoms with Crippen LogP contribution in [0.2, 0.25) is 0 Å². The van der Waals surface area contributed by atoms with Crippen LogP contribution in [0.4, 0.5) is 5.13 Å². The molecule has 0 spiro atoms. The summed E-state index contributed by atoms with van der Waals surface area (Å²) in [7, 11) is 0. The Morgan fingerprint density at radius 3 is 3.11 bits per heavy atom. The minimum atomic E-state index is -0.0545. The minimum absolute atomic E-state index is 0.0545. The lowest BCUT2D eigenvalue weighted by atomic mass is 10.0. The number of rotatable bonds is 3. The minimum Gasteiger partial charge on any atom is -0.329 e. The maximum absolute atomic E-state index is 11.9. The zero-order valence-electron chi connectivity index (χ0n) is 11.0. The van der Waals surface area contributed by atoms with Crippen LogP contribution in [0.5, 0.6) is 0 Å². The molecule has 2 aromatic heterocycles. The van der Waals surface area contributed by atoms with Crippen molar-refractivity contribution in [1.29, 1.82) is 0 Å². The molecule has 0 fully saturated rings. The van der Waals surface area contributed by atoms with Crippen LogP contribution in [0.3, 0.4) is 0 Å². The number of amides is 1. The summed E-state index contributed by atoms with van der Waals surface area (Å²) >= 11 is 1.42. The van der Waals surface area contributed by atoms with E-state index in [4.69, 9.17) is 0 Å². The second-order valence-corrected chi connectivity index (χ2v) is 6.28. The molecule has 0 saturated heterocycles. The van der Waals surface area contributed by atoms with E-state index in [2.05, 4.69) is 33.7 Å². The maximum atomic E-state index is 11.9. The van der Waals surface area contributed by atoms with Crippen molar-refractivity contribution in [3.63, 3.8) is 0 Å². The highest BCUT2D eigenvalue weighted by Crippen LogP contribution is 2.32. The monoisotopic (exact) mass is 276 g/mol. The van der Waals surface area contributed by atoms with Crippen molar-refractivity contribution < 1.29 is 4.79 Å². The number of carbonyl (C=O) groups excluding carboxylic acids is 1. The van der Waals surface area contributed by atoms with Crippen molar-refractivity contribution >= 4 is 22.4 Å². The average Bonchev–Trinajstić information content (AvgIpc) is 3.01. The average molecular weight is 276 g/mol. The molecule has 0 radical (unpaired) electrons. The fourth-order valence-electron chi connectivity index (χ4n) is 2.49. The van der Waals surface area contributed by atoms with Gasteiger partial charge in [0.25, 0.3) is 0 Å². The van der Waals surface area contributed by atoms with Gasteiger partial charge in [-0.3, -0.25) is 4.79 Å². The van der Waals surface area contributed by atoms with Gasteiger partial charge in [-0.15, -0.1) is 11.3 Å². The second-order valence-electron chi connectivity index (χ2n) is 5.38. The summed E-state index contributed by atoms with van der Waals surface area (Å²) in [4.78, 5) is 20.4. The number of nitrogens with one attached hydrogen (secondary N) is 1. The van der Waals surface area contributed by atoms with Crippen molar-refractivity contribution in [1.82, 2.24) is 14.5 Å². The van der Waals surface area contributed by atoms with E-state index in [1.54, 1.807) is 6.20 Å². The Bertz CT molecular complexity index is 600. The Morgan fingerprint density at radius 2 is 2.37 bits per heavy atom. The molecule has 1 aliphatic heterocycles. The van der Waals surface area contributed by atoms with Gasteiger partial charge in [0.2, 0.25) is 5.91 Å². The second kappa shape index (κ2) is 4.45. The molecular formula is C13H16N4OS. The van der Waals surface area contributed by atoms with Gasteiger partial charge in [-0.2, -0.15) is 0 Å². The number of fused-ring (bicyclic) bond motifs is 1. The number of hydrogen-bond donors (Lipinski definition) is 1. The van der Waals surface area contributed by atoms with Gasteiger partial charge >= 0.3 is 0 Å². The van der Waals surface area contributed by atoms with Gasteiger partial charge in [0.1, 0.15) is 0 Å². The highest BCUT2D eigenvalue weighted by Gasteiger charge is 2.31. The van der Waals surface area contributed by atoms with Crippen LogP contribution in [0, 0.1) is 0 Å². The van der Waals surface area contributed by atoms with Crippen LogP contribution in [0.15, 0.2) is 17.9 Å². The number of carbonyl (C=O) groups is 1. The molecule has 1 N–H and O–H groups in total. The van der Waals surface area contributed by atoms with E-state index >= 15 is 0 Å². The van der Waals surface area contributed by atoms with Gasteiger partial charge < -0.3 is 9.88 Å². The lowest BCUT2D eigenvalue weighted by molar-refractivity contribution is -0.115. The summed E-state index contributed by atoms with van der Waals surface area (Å²) in [6, 6.07) is 0. The highest BCUT2D eigenvalue weighted by atomic mass is 32.1. The quantitative estimate of drug-likeness (QED) is 0.935. The van der Waals surface area contributed by atoms with Crippen molar-refractivity contribution in [3.8, 4) is 0 Å². The molecule has 6 heteroatoms. The molecule has 1 aliphatic rings. The molecule has 100 valence electrons. The SMILES string of the molecule is CC1(C)CCc2c(CC(=O)Nc3nccs3)ncn21. The topological polar surface area (TPSA) is 59.8 Å². The lowest BCUT2D eigenvalue weighted by Crippen LogP contribution is -2.20. The normalized spacial score (nSPS) is 16.3. The molecule has 3 heterocycles. The number of imidazole rings is 1. The van der Waals surface area contributed by atoms with Crippen molar-refractivity contribution in [2.75, 3.05) is 5.32 Å². The zero-order chi connectivity index (χ0) is 13.5.